The summed E-state index contributed by atoms with van der Waals surface area (Å²) >= 11 is 0. The van der Waals surface area contributed by atoms with Crippen LogP contribution in [0.4, 0.5) is 0 Å². The zero-order valence-electron chi connectivity index (χ0n) is 9.64. The molecule has 0 radical (unpaired) electrons. The Labute approximate surface area is 99.2 Å². The molecular weight excluding hydrogens is 218 g/mol. The molecule has 0 fully saturated rings. The zero-order chi connectivity index (χ0) is 12.3. The van der Waals surface area contributed by atoms with Crippen LogP contribution in [0, 0.1) is 5.41 Å². The van der Waals surface area contributed by atoms with Crippen LogP contribution in [0.2, 0.25) is 0 Å². The van der Waals surface area contributed by atoms with Crippen LogP contribution in [-0.4, -0.2) is 24.2 Å². The van der Waals surface area contributed by atoms with Crippen molar-refractivity contribution in [2.75, 3.05) is 13.7 Å². The van der Waals surface area contributed by atoms with Crippen molar-refractivity contribution in [1.29, 1.82) is 5.41 Å². The summed E-state index contributed by atoms with van der Waals surface area (Å²) in [7, 11) is 1.66. The van der Waals surface area contributed by atoms with E-state index in [4.69, 9.17) is 16.0 Å². The number of ether oxygens (including phenoxy) is 1. The van der Waals surface area contributed by atoms with Gasteiger partial charge in [-0.1, -0.05) is 12.1 Å². The minimum absolute atomic E-state index is 0.0343. The molecule has 0 saturated carbocycles. The molecule has 90 valence electrons. The third-order valence-corrected chi connectivity index (χ3v) is 2.69. The summed E-state index contributed by atoms with van der Waals surface area (Å²) in [5.41, 5.74) is 1.63. The molecular formula is C12H15N3O2. The van der Waals surface area contributed by atoms with Crippen LogP contribution in [0.15, 0.2) is 30.5 Å². The molecule has 0 unspecified atom stereocenters. The van der Waals surface area contributed by atoms with Gasteiger partial charge in [-0.3, -0.25) is 5.41 Å². The minimum Gasteiger partial charge on any atom is -0.391 e. The Kier molecular flexibility index (Phi) is 3.41. The summed E-state index contributed by atoms with van der Waals surface area (Å²) in [6.07, 6.45) is 1.97. The monoisotopic (exact) mass is 233 g/mol. The van der Waals surface area contributed by atoms with Gasteiger partial charge in [0.2, 0.25) is 5.90 Å². The SMILES string of the molecule is COCCn1ccc2cccc(C(=N)ON)c21. The molecule has 1 aromatic heterocycles. The first-order valence-electron chi connectivity index (χ1n) is 5.30. The number of benzene rings is 1. The van der Waals surface area contributed by atoms with Crippen molar-refractivity contribution in [3.63, 3.8) is 0 Å². The summed E-state index contributed by atoms with van der Waals surface area (Å²) in [4.78, 5) is 4.51. The van der Waals surface area contributed by atoms with Gasteiger partial charge in [0.15, 0.2) is 0 Å². The fourth-order valence-electron chi connectivity index (χ4n) is 1.88. The molecule has 0 spiro atoms. The summed E-state index contributed by atoms with van der Waals surface area (Å²) in [5.74, 6) is 5.02. The molecule has 0 aliphatic heterocycles. The number of hydrogen-bond acceptors (Lipinski definition) is 4. The maximum atomic E-state index is 7.68. The first-order valence-corrected chi connectivity index (χ1v) is 5.30. The number of methoxy groups -OCH3 is 1. The lowest BCUT2D eigenvalue weighted by Gasteiger charge is -2.09. The van der Waals surface area contributed by atoms with Gasteiger partial charge in [-0.25, -0.2) is 0 Å². The van der Waals surface area contributed by atoms with Crippen molar-refractivity contribution in [1.82, 2.24) is 4.57 Å². The van der Waals surface area contributed by atoms with E-state index in [0.29, 0.717) is 12.2 Å². The van der Waals surface area contributed by atoms with E-state index in [1.54, 1.807) is 7.11 Å². The number of aromatic nitrogens is 1. The molecule has 0 atom stereocenters. The fraction of sp³-hybridized carbons (Fsp3) is 0.250. The largest absolute Gasteiger partial charge is 0.391 e. The van der Waals surface area contributed by atoms with Gasteiger partial charge in [-0.15, -0.1) is 0 Å². The van der Waals surface area contributed by atoms with Gasteiger partial charge in [-0.05, 0) is 12.1 Å². The highest BCUT2D eigenvalue weighted by atomic mass is 16.6. The fourth-order valence-corrected chi connectivity index (χ4v) is 1.88. The number of hydrogen-bond donors (Lipinski definition) is 2. The highest BCUT2D eigenvalue weighted by molar-refractivity contribution is 6.04. The first-order chi connectivity index (χ1) is 8.27. The van der Waals surface area contributed by atoms with Gasteiger partial charge >= 0.3 is 0 Å². The number of nitrogens with one attached hydrogen (secondary N) is 1. The molecule has 0 saturated heterocycles. The van der Waals surface area contributed by atoms with Crippen LogP contribution in [0.1, 0.15) is 5.56 Å². The molecule has 0 aliphatic rings. The second-order valence-electron chi connectivity index (χ2n) is 3.69. The molecule has 5 nitrogen and oxygen atoms in total. The minimum atomic E-state index is -0.0343. The predicted octanol–water partition coefficient (Wildman–Crippen LogP) is 1.50. The third-order valence-electron chi connectivity index (χ3n) is 2.69. The predicted molar refractivity (Wildman–Crippen MR) is 65.9 cm³/mol. The molecule has 17 heavy (non-hydrogen) atoms. The average molecular weight is 233 g/mol. The molecule has 0 aliphatic carbocycles. The van der Waals surface area contributed by atoms with E-state index in [1.165, 1.54) is 0 Å². The number of nitrogens with two attached hydrogens (primary N) is 1. The van der Waals surface area contributed by atoms with Crippen LogP contribution in [0.5, 0.6) is 0 Å². The van der Waals surface area contributed by atoms with Gasteiger partial charge in [0.1, 0.15) is 0 Å². The van der Waals surface area contributed by atoms with Crippen LogP contribution >= 0.6 is 0 Å². The van der Waals surface area contributed by atoms with Crippen LogP contribution in [0.3, 0.4) is 0 Å². The van der Waals surface area contributed by atoms with E-state index >= 15 is 0 Å². The van der Waals surface area contributed by atoms with Gasteiger partial charge in [-0.2, -0.15) is 5.90 Å². The number of fused-ring (bicyclic) bond motifs is 1. The maximum absolute atomic E-state index is 7.68. The quantitative estimate of drug-likeness (QED) is 0.477. The van der Waals surface area contributed by atoms with E-state index in [1.807, 2.05) is 35.0 Å². The van der Waals surface area contributed by atoms with E-state index in [2.05, 4.69) is 4.84 Å². The van der Waals surface area contributed by atoms with Crippen molar-refractivity contribution in [2.45, 2.75) is 6.54 Å². The second kappa shape index (κ2) is 4.99. The molecule has 0 bridgehead atoms. The van der Waals surface area contributed by atoms with Crippen molar-refractivity contribution in [2.24, 2.45) is 5.90 Å². The Bertz CT molecular complexity index is 534. The van der Waals surface area contributed by atoms with Crippen molar-refractivity contribution in [3.8, 4) is 0 Å². The Morgan fingerprint density at radius 1 is 1.41 bits per heavy atom. The smallest absolute Gasteiger partial charge is 0.239 e. The molecule has 0 amide bonds. The third kappa shape index (κ3) is 2.15. The lowest BCUT2D eigenvalue weighted by Crippen LogP contribution is -2.12. The molecule has 1 heterocycles. The second-order valence-corrected chi connectivity index (χ2v) is 3.69. The number of rotatable bonds is 4. The highest BCUT2D eigenvalue weighted by Gasteiger charge is 2.11. The highest BCUT2D eigenvalue weighted by Crippen LogP contribution is 2.20. The Morgan fingerprint density at radius 2 is 2.24 bits per heavy atom. The number of nitrogens with zero attached hydrogens (tertiary/aromatic N) is 1. The maximum Gasteiger partial charge on any atom is 0.239 e. The molecule has 5 heteroatoms. The Hall–Kier alpha value is -1.85. The number of para-hydroxylation sites is 1. The lowest BCUT2D eigenvalue weighted by molar-refractivity contribution is 0.188. The van der Waals surface area contributed by atoms with Crippen molar-refractivity contribution >= 4 is 16.8 Å². The van der Waals surface area contributed by atoms with Crippen LogP contribution < -0.4 is 5.90 Å². The van der Waals surface area contributed by atoms with Crippen molar-refractivity contribution < 1.29 is 9.57 Å². The summed E-state index contributed by atoms with van der Waals surface area (Å²) in [5, 5.41) is 8.74. The van der Waals surface area contributed by atoms with E-state index in [-0.39, 0.29) is 5.90 Å². The van der Waals surface area contributed by atoms with Gasteiger partial charge < -0.3 is 14.1 Å². The summed E-state index contributed by atoms with van der Waals surface area (Å²) < 4.78 is 7.09. The molecule has 3 N–H and O–H groups in total. The van der Waals surface area contributed by atoms with Gasteiger partial charge in [0.05, 0.1) is 17.7 Å². The lowest BCUT2D eigenvalue weighted by atomic mass is 10.1. The van der Waals surface area contributed by atoms with Crippen LogP contribution in [-0.2, 0) is 16.1 Å². The zero-order valence-corrected chi connectivity index (χ0v) is 9.64. The topological polar surface area (TPSA) is 73.3 Å². The van der Waals surface area contributed by atoms with Crippen molar-refractivity contribution in [3.05, 3.63) is 36.0 Å². The molecule has 2 rings (SSSR count). The first kappa shape index (κ1) is 11.6. The van der Waals surface area contributed by atoms with Gasteiger partial charge in [0, 0.05) is 25.2 Å². The van der Waals surface area contributed by atoms with Crippen LogP contribution in [0.25, 0.3) is 10.9 Å². The average Bonchev–Trinajstić information content (AvgIpc) is 2.78. The van der Waals surface area contributed by atoms with E-state index < -0.39 is 0 Å². The molecule has 2 aromatic rings. The molecule has 1 aromatic carbocycles. The standard InChI is InChI=1S/C12H15N3O2/c1-16-8-7-15-6-5-9-3-2-4-10(11(9)15)12(13)17-14/h2-6,13H,7-8,14H2,1H3. The summed E-state index contributed by atoms with van der Waals surface area (Å²) in [6.45, 7) is 1.35. The van der Waals surface area contributed by atoms with E-state index in [9.17, 15) is 0 Å². The summed E-state index contributed by atoms with van der Waals surface area (Å²) in [6, 6.07) is 7.69. The Morgan fingerprint density at radius 3 is 2.94 bits per heavy atom. The Balaban J connectivity index is 2.51. The van der Waals surface area contributed by atoms with E-state index in [0.717, 1.165) is 17.4 Å². The normalized spacial score (nSPS) is 10.7. The van der Waals surface area contributed by atoms with Gasteiger partial charge in [0.25, 0.3) is 0 Å².